The van der Waals surface area contributed by atoms with Crippen molar-refractivity contribution < 1.29 is 4.74 Å². The number of nitrogens with zero attached hydrogens (tertiary/aromatic N) is 1. The summed E-state index contributed by atoms with van der Waals surface area (Å²) in [6, 6.07) is 0. The van der Waals surface area contributed by atoms with Crippen LogP contribution >= 0.6 is 0 Å². The number of rotatable bonds is 4. The lowest BCUT2D eigenvalue weighted by Crippen LogP contribution is -2.47. The van der Waals surface area contributed by atoms with Crippen molar-refractivity contribution in [1.29, 1.82) is 0 Å². The van der Waals surface area contributed by atoms with Crippen molar-refractivity contribution in [3.8, 4) is 0 Å². The summed E-state index contributed by atoms with van der Waals surface area (Å²) in [7, 11) is 0. The first kappa shape index (κ1) is 12.4. The summed E-state index contributed by atoms with van der Waals surface area (Å²) in [6.45, 7) is 12.6. The Hall–Kier alpha value is -0.0800. The molecular formula is C14H27NO. The molecule has 1 saturated carbocycles. The number of hydrogen-bond acceptors (Lipinski definition) is 2. The molecule has 2 atom stereocenters. The Balaban J connectivity index is 1.94. The van der Waals surface area contributed by atoms with Crippen LogP contribution in [0.1, 0.15) is 47.0 Å². The average Bonchev–Trinajstić information content (AvgIpc) is 3.02. The van der Waals surface area contributed by atoms with E-state index in [1.807, 2.05) is 0 Å². The summed E-state index contributed by atoms with van der Waals surface area (Å²) in [5.41, 5.74) is 0.578. The number of likely N-dealkylation sites (N-methyl/N-ethyl adjacent to an activating group) is 1. The van der Waals surface area contributed by atoms with Crippen LogP contribution in [0.15, 0.2) is 0 Å². The Kier molecular flexibility index (Phi) is 3.60. The molecule has 1 aliphatic heterocycles. The highest BCUT2D eigenvalue weighted by Crippen LogP contribution is 2.55. The summed E-state index contributed by atoms with van der Waals surface area (Å²) < 4.78 is 6.32. The molecule has 2 rings (SSSR count). The smallest absolute Gasteiger partial charge is 0.0762 e. The van der Waals surface area contributed by atoms with Gasteiger partial charge < -0.3 is 9.64 Å². The Morgan fingerprint density at radius 1 is 1.25 bits per heavy atom. The van der Waals surface area contributed by atoms with E-state index in [1.165, 1.54) is 32.4 Å². The monoisotopic (exact) mass is 225 g/mol. The Morgan fingerprint density at radius 2 is 1.94 bits per heavy atom. The normalized spacial score (nSPS) is 30.9. The molecule has 0 aromatic carbocycles. The molecule has 0 N–H and O–H groups in total. The third-order valence-corrected chi connectivity index (χ3v) is 4.69. The van der Waals surface area contributed by atoms with Crippen molar-refractivity contribution in [1.82, 2.24) is 4.90 Å². The molecular weight excluding hydrogens is 198 g/mol. The fourth-order valence-corrected chi connectivity index (χ4v) is 2.68. The number of likely N-dealkylation sites (tertiary alicyclic amines) is 1. The van der Waals surface area contributed by atoms with Gasteiger partial charge in [-0.3, -0.25) is 0 Å². The minimum Gasteiger partial charge on any atom is -0.373 e. The largest absolute Gasteiger partial charge is 0.373 e. The van der Waals surface area contributed by atoms with Gasteiger partial charge in [-0.05, 0) is 50.6 Å². The van der Waals surface area contributed by atoms with Gasteiger partial charge in [-0.15, -0.1) is 0 Å². The van der Waals surface area contributed by atoms with E-state index in [1.54, 1.807) is 0 Å². The fraction of sp³-hybridized carbons (Fsp3) is 1.00. The van der Waals surface area contributed by atoms with Crippen molar-refractivity contribution in [2.24, 2.45) is 11.3 Å². The molecule has 94 valence electrons. The topological polar surface area (TPSA) is 12.5 Å². The molecule has 0 aromatic heterocycles. The van der Waals surface area contributed by atoms with Crippen LogP contribution in [0.2, 0.25) is 0 Å². The Bertz CT molecular complexity index is 235. The molecule has 2 fully saturated rings. The van der Waals surface area contributed by atoms with Gasteiger partial charge >= 0.3 is 0 Å². The van der Waals surface area contributed by atoms with E-state index in [0.29, 0.717) is 23.5 Å². The maximum absolute atomic E-state index is 6.32. The molecule has 0 aromatic rings. The summed E-state index contributed by atoms with van der Waals surface area (Å²) >= 11 is 0. The summed E-state index contributed by atoms with van der Waals surface area (Å²) in [5, 5.41) is 0. The number of hydrogen-bond donors (Lipinski definition) is 0. The molecule has 0 radical (unpaired) electrons. The molecule has 2 aliphatic rings. The van der Waals surface area contributed by atoms with E-state index in [2.05, 4.69) is 32.6 Å². The summed E-state index contributed by atoms with van der Waals surface area (Å²) in [4.78, 5) is 2.54. The lowest BCUT2D eigenvalue weighted by Gasteiger charge is -2.40. The fourth-order valence-electron chi connectivity index (χ4n) is 2.68. The third kappa shape index (κ3) is 2.43. The van der Waals surface area contributed by atoms with E-state index in [9.17, 15) is 0 Å². The van der Waals surface area contributed by atoms with Gasteiger partial charge in [0.25, 0.3) is 0 Å². The first-order chi connectivity index (χ1) is 7.57. The lowest BCUT2D eigenvalue weighted by molar-refractivity contribution is -0.0940. The maximum atomic E-state index is 6.32. The molecule has 2 nitrogen and oxygen atoms in total. The van der Waals surface area contributed by atoms with E-state index in [-0.39, 0.29) is 0 Å². The molecule has 0 amide bonds. The predicted octanol–water partition coefficient (Wildman–Crippen LogP) is 2.92. The van der Waals surface area contributed by atoms with Crippen LogP contribution in [-0.4, -0.2) is 36.7 Å². The zero-order valence-electron chi connectivity index (χ0n) is 11.3. The van der Waals surface area contributed by atoms with E-state index >= 15 is 0 Å². The SMILES string of the molecule is CCN1CCC2(CC2)C(O[C@H](C)C(C)C)C1. The van der Waals surface area contributed by atoms with Crippen molar-refractivity contribution in [2.75, 3.05) is 19.6 Å². The number of ether oxygens (including phenoxy) is 1. The maximum Gasteiger partial charge on any atom is 0.0762 e. The van der Waals surface area contributed by atoms with Crippen LogP contribution in [0.25, 0.3) is 0 Å². The first-order valence-electron chi connectivity index (χ1n) is 6.95. The van der Waals surface area contributed by atoms with Crippen molar-refractivity contribution in [3.05, 3.63) is 0 Å². The van der Waals surface area contributed by atoms with Gasteiger partial charge in [0.1, 0.15) is 0 Å². The third-order valence-electron chi connectivity index (χ3n) is 4.69. The molecule has 1 unspecified atom stereocenters. The van der Waals surface area contributed by atoms with E-state index in [0.717, 1.165) is 6.54 Å². The molecule has 2 heteroatoms. The van der Waals surface area contributed by atoms with Gasteiger partial charge in [-0.1, -0.05) is 20.8 Å². The van der Waals surface area contributed by atoms with Gasteiger partial charge in [0.05, 0.1) is 12.2 Å². The van der Waals surface area contributed by atoms with Crippen molar-refractivity contribution in [3.63, 3.8) is 0 Å². The van der Waals surface area contributed by atoms with Crippen LogP contribution in [0.5, 0.6) is 0 Å². The van der Waals surface area contributed by atoms with Crippen molar-refractivity contribution in [2.45, 2.75) is 59.2 Å². The van der Waals surface area contributed by atoms with Gasteiger partial charge in [0.15, 0.2) is 0 Å². The van der Waals surface area contributed by atoms with Crippen LogP contribution < -0.4 is 0 Å². The highest BCUT2D eigenvalue weighted by molar-refractivity contribution is 5.03. The van der Waals surface area contributed by atoms with Crippen molar-refractivity contribution >= 4 is 0 Å². The van der Waals surface area contributed by atoms with E-state index < -0.39 is 0 Å². The predicted molar refractivity (Wildman–Crippen MR) is 67.6 cm³/mol. The molecule has 1 saturated heterocycles. The Labute approximate surface area is 100 Å². The van der Waals surface area contributed by atoms with Gasteiger partial charge in [0.2, 0.25) is 0 Å². The molecule has 1 spiro atoms. The average molecular weight is 225 g/mol. The zero-order chi connectivity index (χ0) is 11.8. The van der Waals surface area contributed by atoms with Gasteiger partial charge in [0, 0.05) is 6.54 Å². The second kappa shape index (κ2) is 4.66. The second-order valence-electron chi connectivity index (χ2n) is 6.08. The summed E-state index contributed by atoms with van der Waals surface area (Å²) in [5.74, 6) is 0.632. The van der Waals surface area contributed by atoms with Gasteiger partial charge in [-0.25, -0.2) is 0 Å². The van der Waals surface area contributed by atoms with Crippen LogP contribution in [0.4, 0.5) is 0 Å². The standard InChI is InChI=1S/C14H27NO/c1-5-15-9-8-14(6-7-14)13(10-15)16-12(4)11(2)3/h11-13H,5-10H2,1-4H3/t12-,13?/m1/s1. The quantitative estimate of drug-likeness (QED) is 0.729. The van der Waals surface area contributed by atoms with Gasteiger partial charge in [-0.2, -0.15) is 0 Å². The lowest BCUT2D eigenvalue weighted by atomic mass is 9.90. The summed E-state index contributed by atoms with van der Waals surface area (Å²) in [6.07, 6.45) is 5.06. The van der Waals surface area contributed by atoms with E-state index in [4.69, 9.17) is 4.74 Å². The second-order valence-corrected chi connectivity index (χ2v) is 6.08. The van der Waals surface area contributed by atoms with Crippen LogP contribution in [0, 0.1) is 11.3 Å². The minimum absolute atomic E-state index is 0.402. The van der Waals surface area contributed by atoms with Crippen LogP contribution in [0.3, 0.4) is 0 Å². The number of piperidine rings is 1. The molecule has 1 aliphatic carbocycles. The van der Waals surface area contributed by atoms with Crippen LogP contribution in [-0.2, 0) is 4.74 Å². The first-order valence-corrected chi connectivity index (χ1v) is 6.95. The highest BCUT2D eigenvalue weighted by Gasteiger charge is 2.52. The molecule has 0 bridgehead atoms. The Morgan fingerprint density at radius 3 is 2.44 bits per heavy atom. The highest BCUT2D eigenvalue weighted by atomic mass is 16.5. The minimum atomic E-state index is 0.402. The molecule has 1 heterocycles. The molecule has 16 heavy (non-hydrogen) atoms. The zero-order valence-corrected chi connectivity index (χ0v) is 11.3.